The predicted molar refractivity (Wildman–Crippen MR) is 177 cm³/mol. The lowest BCUT2D eigenvalue weighted by Crippen LogP contribution is -2.04. The third-order valence-corrected chi connectivity index (χ3v) is 6.32. The van der Waals surface area contributed by atoms with Crippen molar-refractivity contribution in [3.05, 3.63) is 204 Å². The molecule has 0 aliphatic heterocycles. The van der Waals surface area contributed by atoms with Crippen molar-refractivity contribution < 1.29 is 0 Å². The van der Waals surface area contributed by atoms with Crippen molar-refractivity contribution in [1.82, 2.24) is 9.97 Å². The predicted octanol–water partition coefficient (Wildman–Crippen LogP) is 7.76. The van der Waals surface area contributed by atoms with Gasteiger partial charge >= 0.3 is 0 Å². The first-order valence-corrected chi connectivity index (χ1v) is 14.1. The first kappa shape index (κ1) is 30.4. The van der Waals surface area contributed by atoms with Crippen molar-refractivity contribution in [2.24, 2.45) is 10.7 Å². The molecule has 0 radical (unpaired) electrons. The van der Waals surface area contributed by atoms with Crippen LogP contribution >= 0.6 is 0 Å². The second-order valence-electron chi connectivity index (χ2n) is 9.43. The number of nitrogens with zero attached hydrogens (tertiary/aromatic N) is 3. The highest BCUT2D eigenvalue weighted by Crippen LogP contribution is 2.13. The first-order chi connectivity index (χ1) is 21.2. The molecule has 4 aromatic carbocycles. The van der Waals surface area contributed by atoms with Crippen LogP contribution in [0.5, 0.6) is 0 Å². The second kappa shape index (κ2) is 17.3. The van der Waals surface area contributed by atoms with Gasteiger partial charge in [0.25, 0.3) is 0 Å². The number of nitrogens with one attached hydrogen (secondary N) is 1. The third kappa shape index (κ3) is 10.1. The highest BCUT2D eigenvalue weighted by Gasteiger charge is 2.06. The SMILES string of the molecule is N=C(c1ccccc1)c1ccccc1.NCc1cccnc1.c1ccc(C(=NCc2cccnc2)c2ccccc2)cc1. The minimum atomic E-state index is 0.575. The standard InChI is InChI=1S/C19H16N2.C13H11N.C6H8N2/c1-3-9-17(10-4-1)19(18-11-5-2-6-12-18)21-15-16-8-7-13-20-14-16;14-13(11-7-3-1-4-8-11)12-9-5-2-6-10-12;7-4-6-2-1-3-8-5-6/h1-14H,15H2;1-10,14H;1-3,5H,4,7H2. The van der Waals surface area contributed by atoms with Crippen molar-refractivity contribution in [2.45, 2.75) is 13.1 Å². The molecular weight excluding hydrogens is 526 g/mol. The second-order valence-corrected chi connectivity index (χ2v) is 9.43. The number of aromatic nitrogens is 2. The van der Waals surface area contributed by atoms with E-state index in [0.29, 0.717) is 18.8 Å². The van der Waals surface area contributed by atoms with Crippen LogP contribution in [0.3, 0.4) is 0 Å². The molecule has 6 aromatic rings. The van der Waals surface area contributed by atoms with Crippen LogP contribution in [-0.2, 0) is 13.1 Å². The van der Waals surface area contributed by atoms with E-state index < -0.39 is 0 Å². The molecule has 0 unspecified atom stereocenters. The number of pyridine rings is 2. The molecule has 0 atom stereocenters. The summed E-state index contributed by atoms with van der Waals surface area (Å²) in [5.41, 5.74) is 13.3. The van der Waals surface area contributed by atoms with E-state index in [4.69, 9.17) is 16.1 Å². The molecule has 0 spiro atoms. The minimum Gasteiger partial charge on any atom is -0.326 e. The van der Waals surface area contributed by atoms with Gasteiger partial charge < -0.3 is 5.73 Å². The maximum absolute atomic E-state index is 7.97. The van der Waals surface area contributed by atoms with Crippen LogP contribution in [0.4, 0.5) is 0 Å². The molecule has 0 fully saturated rings. The minimum absolute atomic E-state index is 0.575. The zero-order chi connectivity index (χ0) is 30.0. The molecule has 5 nitrogen and oxygen atoms in total. The fraction of sp³-hybridized carbons (Fsp3) is 0.0526. The molecule has 212 valence electrons. The fourth-order valence-corrected chi connectivity index (χ4v) is 4.10. The van der Waals surface area contributed by atoms with Crippen LogP contribution < -0.4 is 5.73 Å². The van der Waals surface area contributed by atoms with Crippen LogP contribution in [0.25, 0.3) is 0 Å². The lowest BCUT2D eigenvalue weighted by molar-refractivity contribution is 1.04. The van der Waals surface area contributed by atoms with Crippen LogP contribution in [-0.4, -0.2) is 21.4 Å². The highest BCUT2D eigenvalue weighted by atomic mass is 14.7. The van der Waals surface area contributed by atoms with Gasteiger partial charge in [-0.25, -0.2) is 0 Å². The van der Waals surface area contributed by atoms with Gasteiger partial charge in [0.05, 0.1) is 18.0 Å². The Labute approximate surface area is 254 Å². The molecule has 0 saturated heterocycles. The quantitative estimate of drug-likeness (QED) is 0.195. The smallest absolute Gasteiger partial charge is 0.0723 e. The molecule has 0 aliphatic carbocycles. The number of hydrogen-bond donors (Lipinski definition) is 2. The van der Waals surface area contributed by atoms with E-state index in [0.717, 1.165) is 39.1 Å². The summed E-state index contributed by atoms with van der Waals surface area (Å²) in [6.45, 7) is 1.21. The summed E-state index contributed by atoms with van der Waals surface area (Å²) in [5, 5.41) is 7.97. The normalized spacial score (nSPS) is 9.79. The van der Waals surface area contributed by atoms with Crippen LogP contribution in [0.1, 0.15) is 33.4 Å². The number of aliphatic imine (C=N–C) groups is 1. The van der Waals surface area contributed by atoms with Gasteiger partial charge in [-0.15, -0.1) is 0 Å². The monoisotopic (exact) mass is 561 g/mol. The van der Waals surface area contributed by atoms with Crippen LogP contribution in [0.2, 0.25) is 0 Å². The molecule has 5 heteroatoms. The first-order valence-electron chi connectivity index (χ1n) is 14.1. The Balaban J connectivity index is 0.000000165. The summed E-state index contributed by atoms with van der Waals surface area (Å²) in [7, 11) is 0. The molecule has 2 aromatic heterocycles. The Bertz CT molecular complexity index is 1560. The summed E-state index contributed by atoms with van der Waals surface area (Å²) < 4.78 is 0. The lowest BCUT2D eigenvalue weighted by Gasteiger charge is -2.07. The molecule has 0 aliphatic rings. The van der Waals surface area contributed by atoms with E-state index in [2.05, 4.69) is 34.2 Å². The van der Waals surface area contributed by atoms with Gasteiger partial charge in [0, 0.05) is 42.5 Å². The Morgan fingerprint density at radius 2 is 0.907 bits per heavy atom. The maximum Gasteiger partial charge on any atom is 0.0723 e. The van der Waals surface area contributed by atoms with Crippen molar-refractivity contribution in [1.29, 1.82) is 5.41 Å². The number of hydrogen-bond acceptors (Lipinski definition) is 5. The summed E-state index contributed by atoms with van der Waals surface area (Å²) in [6, 6.07) is 47.9. The van der Waals surface area contributed by atoms with Crippen LogP contribution in [0.15, 0.2) is 175 Å². The molecule has 0 saturated carbocycles. The zero-order valence-electron chi connectivity index (χ0n) is 24.0. The zero-order valence-corrected chi connectivity index (χ0v) is 24.0. The molecule has 3 N–H and O–H groups in total. The van der Waals surface area contributed by atoms with Gasteiger partial charge in [-0.05, 0) is 34.4 Å². The molecule has 0 bridgehead atoms. The Hall–Kier alpha value is -5.52. The summed E-state index contributed by atoms with van der Waals surface area (Å²) in [5.74, 6) is 0. The summed E-state index contributed by atoms with van der Waals surface area (Å²) in [4.78, 5) is 12.8. The van der Waals surface area contributed by atoms with Crippen molar-refractivity contribution >= 4 is 11.4 Å². The maximum atomic E-state index is 7.97. The van der Waals surface area contributed by atoms with Crippen LogP contribution in [0, 0.1) is 5.41 Å². The molecule has 6 rings (SSSR count). The molecule has 43 heavy (non-hydrogen) atoms. The average molecular weight is 562 g/mol. The number of rotatable bonds is 7. The van der Waals surface area contributed by atoms with E-state index in [1.165, 1.54) is 0 Å². The Morgan fingerprint density at radius 3 is 1.26 bits per heavy atom. The highest BCUT2D eigenvalue weighted by molar-refractivity contribution is 6.13. The number of nitrogens with two attached hydrogens (primary N) is 1. The van der Waals surface area contributed by atoms with Gasteiger partial charge in [-0.3, -0.25) is 20.4 Å². The summed E-state index contributed by atoms with van der Waals surface area (Å²) in [6.07, 6.45) is 7.14. The Kier molecular flexibility index (Phi) is 12.3. The van der Waals surface area contributed by atoms with Gasteiger partial charge in [0.15, 0.2) is 0 Å². The van der Waals surface area contributed by atoms with Gasteiger partial charge in [0.2, 0.25) is 0 Å². The molecule has 0 amide bonds. The van der Waals surface area contributed by atoms with E-state index >= 15 is 0 Å². The van der Waals surface area contributed by atoms with E-state index in [9.17, 15) is 0 Å². The largest absolute Gasteiger partial charge is 0.326 e. The lowest BCUT2D eigenvalue weighted by atomic mass is 10.0. The van der Waals surface area contributed by atoms with Crippen molar-refractivity contribution in [3.63, 3.8) is 0 Å². The molecular formula is C38H35N5. The third-order valence-electron chi connectivity index (χ3n) is 6.32. The van der Waals surface area contributed by atoms with E-state index in [1.54, 1.807) is 18.6 Å². The summed E-state index contributed by atoms with van der Waals surface area (Å²) >= 11 is 0. The van der Waals surface area contributed by atoms with Crippen molar-refractivity contribution in [3.8, 4) is 0 Å². The Morgan fingerprint density at radius 1 is 0.512 bits per heavy atom. The van der Waals surface area contributed by atoms with Crippen molar-refractivity contribution in [2.75, 3.05) is 0 Å². The van der Waals surface area contributed by atoms with E-state index in [-0.39, 0.29) is 0 Å². The van der Waals surface area contributed by atoms with Gasteiger partial charge in [0.1, 0.15) is 0 Å². The average Bonchev–Trinajstić information content (AvgIpc) is 3.11. The van der Waals surface area contributed by atoms with Gasteiger partial charge in [-0.2, -0.15) is 0 Å². The fourth-order valence-electron chi connectivity index (χ4n) is 4.10. The topological polar surface area (TPSA) is 88.0 Å². The van der Waals surface area contributed by atoms with E-state index in [1.807, 2.05) is 128 Å². The van der Waals surface area contributed by atoms with Gasteiger partial charge in [-0.1, -0.05) is 133 Å². The molecule has 2 heterocycles. The number of benzene rings is 4.